The fraction of sp³-hybridized carbons (Fsp3) is 0.333. The highest BCUT2D eigenvalue weighted by Gasteiger charge is 2.24. The number of hydrogen-bond acceptors (Lipinski definition) is 4. The van der Waals surface area contributed by atoms with Crippen LogP contribution in [0.2, 0.25) is 0 Å². The van der Waals surface area contributed by atoms with Crippen molar-refractivity contribution in [2.45, 2.75) is 12.0 Å². The van der Waals surface area contributed by atoms with Crippen LogP contribution in [0.3, 0.4) is 0 Å². The summed E-state index contributed by atoms with van der Waals surface area (Å²) >= 11 is 1.47. The zero-order valence-electron chi connectivity index (χ0n) is 7.77. The van der Waals surface area contributed by atoms with E-state index in [1.807, 2.05) is 10.8 Å². The maximum absolute atomic E-state index is 11.2. The van der Waals surface area contributed by atoms with Crippen LogP contribution >= 0.6 is 11.3 Å². The van der Waals surface area contributed by atoms with E-state index >= 15 is 0 Å². The Hall–Kier alpha value is -1.20. The predicted molar refractivity (Wildman–Crippen MR) is 55.2 cm³/mol. The molecule has 0 fully saturated rings. The Bertz CT molecular complexity index is 311. The summed E-state index contributed by atoms with van der Waals surface area (Å²) in [4.78, 5) is 22.0. The summed E-state index contributed by atoms with van der Waals surface area (Å²) in [6.45, 7) is 0. The van der Waals surface area contributed by atoms with E-state index in [-0.39, 0.29) is 5.91 Å². The van der Waals surface area contributed by atoms with E-state index in [4.69, 9.17) is 5.73 Å². The smallest absolute Gasteiger partial charge is 0.237 e. The average molecular weight is 212 g/mol. The van der Waals surface area contributed by atoms with Crippen LogP contribution in [0, 0.1) is 0 Å². The number of nitrogens with one attached hydrogen (secondary N) is 1. The molecule has 2 atom stereocenters. The first-order valence-electron chi connectivity index (χ1n) is 4.15. The van der Waals surface area contributed by atoms with Crippen molar-refractivity contribution in [1.82, 2.24) is 5.32 Å². The molecular weight excluding hydrogens is 200 g/mol. The molecule has 5 heteroatoms. The third-order valence-electron chi connectivity index (χ3n) is 2.01. The molecule has 0 aliphatic carbocycles. The maximum Gasteiger partial charge on any atom is 0.237 e. The van der Waals surface area contributed by atoms with Gasteiger partial charge >= 0.3 is 0 Å². The normalized spacial score (nSPS) is 14.4. The summed E-state index contributed by atoms with van der Waals surface area (Å²) in [6, 6.07) is 0.985. The summed E-state index contributed by atoms with van der Waals surface area (Å²) in [6.07, 6.45) is 0.710. The molecule has 0 aliphatic heterocycles. The lowest BCUT2D eigenvalue weighted by molar-refractivity contribution is -0.124. The highest BCUT2D eigenvalue weighted by Crippen LogP contribution is 2.19. The van der Waals surface area contributed by atoms with Crippen LogP contribution in [0.4, 0.5) is 0 Å². The summed E-state index contributed by atoms with van der Waals surface area (Å²) in [5.41, 5.74) is 6.43. The first-order valence-corrected chi connectivity index (χ1v) is 5.09. The van der Waals surface area contributed by atoms with Crippen LogP contribution in [-0.2, 0) is 9.59 Å². The minimum absolute atomic E-state index is 0.326. The van der Waals surface area contributed by atoms with Gasteiger partial charge in [-0.05, 0) is 22.4 Å². The molecule has 0 aromatic carbocycles. The van der Waals surface area contributed by atoms with E-state index in [9.17, 15) is 9.59 Å². The first-order chi connectivity index (χ1) is 6.70. The Morgan fingerprint density at radius 2 is 2.43 bits per heavy atom. The molecule has 1 aromatic rings. The standard InChI is InChI=1S/C9H12N2O2S/c1-11-9(13)8(10)7(4-12)6-2-3-14-5-6/h2-5,7-8H,10H2,1H3,(H,11,13). The van der Waals surface area contributed by atoms with E-state index in [0.717, 1.165) is 5.56 Å². The molecule has 14 heavy (non-hydrogen) atoms. The molecule has 0 spiro atoms. The SMILES string of the molecule is CNC(=O)C(N)C(C=O)c1ccsc1. The van der Waals surface area contributed by atoms with Crippen LogP contribution in [0.25, 0.3) is 0 Å². The third kappa shape index (κ3) is 2.18. The number of carbonyl (C=O) groups excluding carboxylic acids is 2. The van der Waals surface area contributed by atoms with Gasteiger partial charge in [-0.1, -0.05) is 0 Å². The van der Waals surface area contributed by atoms with Crippen molar-refractivity contribution in [3.8, 4) is 0 Å². The number of hydrogen-bond donors (Lipinski definition) is 2. The van der Waals surface area contributed by atoms with Crippen LogP contribution < -0.4 is 11.1 Å². The van der Waals surface area contributed by atoms with Gasteiger partial charge in [-0.3, -0.25) is 4.79 Å². The Labute approximate surface area is 86.1 Å². The second-order valence-corrected chi connectivity index (χ2v) is 3.64. The molecule has 1 heterocycles. The Kier molecular flexibility index (Phi) is 3.79. The Morgan fingerprint density at radius 1 is 1.71 bits per heavy atom. The minimum atomic E-state index is -0.813. The largest absolute Gasteiger partial charge is 0.358 e. The zero-order valence-corrected chi connectivity index (χ0v) is 8.58. The zero-order chi connectivity index (χ0) is 10.6. The molecule has 76 valence electrons. The topological polar surface area (TPSA) is 72.2 Å². The molecule has 0 radical (unpaired) electrons. The Balaban J connectivity index is 2.82. The second-order valence-electron chi connectivity index (χ2n) is 2.86. The van der Waals surface area contributed by atoms with Crippen molar-refractivity contribution in [3.63, 3.8) is 0 Å². The predicted octanol–water partition coefficient (Wildman–Crippen LogP) is 0.104. The molecule has 0 aliphatic rings. The van der Waals surface area contributed by atoms with Gasteiger partial charge in [0, 0.05) is 7.05 Å². The lowest BCUT2D eigenvalue weighted by Gasteiger charge is -2.15. The van der Waals surface area contributed by atoms with Gasteiger partial charge in [-0.25, -0.2) is 0 Å². The van der Waals surface area contributed by atoms with E-state index in [1.165, 1.54) is 18.4 Å². The molecule has 4 nitrogen and oxygen atoms in total. The van der Waals surface area contributed by atoms with Crippen LogP contribution in [0.1, 0.15) is 11.5 Å². The number of rotatable bonds is 4. The summed E-state index contributed by atoms with van der Waals surface area (Å²) in [5.74, 6) is -0.880. The fourth-order valence-electron chi connectivity index (χ4n) is 1.16. The number of carbonyl (C=O) groups is 2. The lowest BCUT2D eigenvalue weighted by atomic mass is 9.95. The van der Waals surface area contributed by atoms with Gasteiger partial charge in [-0.2, -0.15) is 11.3 Å². The minimum Gasteiger partial charge on any atom is -0.358 e. The van der Waals surface area contributed by atoms with Crippen molar-refractivity contribution in [2.75, 3.05) is 7.05 Å². The monoisotopic (exact) mass is 212 g/mol. The van der Waals surface area contributed by atoms with Crippen molar-refractivity contribution in [3.05, 3.63) is 22.4 Å². The van der Waals surface area contributed by atoms with Crippen molar-refractivity contribution >= 4 is 23.5 Å². The quantitative estimate of drug-likeness (QED) is 0.695. The number of thiophene rings is 1. The van der Waals surface area contributed by atoms with Gasteiger partial charge in [0.2, 0.25) is 5.91 Å². The highest BCUT2D eigenvalue weighted by atomic mass is 32.1. The molecule has 0 bridgehead atoms. The number of likely N-dealkylation sites (N-methyl/N-ethyl adjacent to an activating group) is 1. The van der Waals surface area contributed by atoms with E-state index in [2.05, 4.69) is 5.32 Å². The van der Waals surface area contributed by atoms with Crippen molar-refractivity contribution in [1.29, 1.82) is 0 Å². The van der Waals surface area contributed by atoms with E-state index in [0.29, 0.717) is 6.29 Å². The van der Waals surface area contributed by atoms with Gasteiger partial charge in [0.05, 0.1) is 12.0 Å². The van der Waals surface area contributed by atoms with Gasteiger partial charge < -0.3 is 15.8 Å². The molecule has 1 amide bonds. The molecule has 1 rings (SSSR count). The van der Waals surface area contributed by atoms with Crippen LogP contribution in [0.5, 0.6) is 0 Å². The second kappa shape index (κ2) is 4.88. The van der Waals surface area contributed by atoms with Crippen LogP contribution in [0.15, 0.2) is 16.8 Å². The molecule has 2 unspecified atom stereocenters. The van der Waals surface area contributed by atoms with Gasteiger partial charge in [-0.15, -0.1) is 0 Å². The maximum atomic E-state index is 11.2. The van der Waals surface area contributed by atoms with Gasteiger partial charge in [0.1, 0.15) is 6.29 Å². The van der Waals surface area contributed by atoms with Crippen LogP contribution in [-0.4, -0.2) is 25.3 Å². The van der Waals surface area contributed by atoms with E-state index < -0.39 is 12.0 Å². The molecule has 0 saturated heterocycles. The molecule has 1 aromatic heterocycles. The fourth-order valence-corrected chi connectivity index (χ4v) is 1.87. The van der Waals surface area contributed by atoms with E-state index in [1.54, 1.807) is 6.07 Å². The van der Waals surface area contributed by atoms with Gasteiger partial charge in [0.15, 0.2) is 0 Å². The molecule has 3 N–H and O–H groups in total. The van der Waals surface area contributed by atoms with Crippen molar-refractivity contribution < 1.29 is 9.59 Å². The first kappa shape index (κ1) is 10.9. The summed E-state index contributed by atoms with van der Waals surface area (Å²) in [5, 5.41) is 6.09. The molecular formula is C9H12N2O2S. The summed E-state index contributed by atoms with van der Waals surface area (Å²) < 4.78 is 0. The highest BCUT2D eigenvalue weighted by molar-refractivity contribution is 7.08. The number of aldehydes is 1. The number of amides is 1. The Morgan fingerprint density at radius 3 is 2.86 bits per heavy atom. The lowest BCUT2D eigenvalue weighted by Crippen LogP contribution is -2.43. The average Bonchev–Trinajstić information content (AvgIpc) is 2.71. The number of nitrogens with two attached hydrogens (primary N) is 1. The van der Waals surface area contributed by atoms with Crippen molar-refractivity contribution in [2.24, 2.45) is 5.73 Å². The summed E-state index contributed by atoms with van der Waals surface area (Å²) in [7, 11) is 1.50. The van der Waals surface area contributed by atoms with Gasteiger partial charge in [0.25, 0.3) is 0 Å². The third-order valence-corrected chi connectivity index (χ3v) is 2.71. The molecule has 0 saturated carbocycles.